The third-order valence-corrected chi connectivity index (χ3v) is 8.69. The number of rotatable bonds is 9. The van der Waals surface area contributed by atoms with Crippen LogP contribution in [0.15, 0.2) is 0 Å². The minimum atomic E-state index is -1.51. The fourth-order valence-electron chi connectivity index (χ4n) is 2.34. The Morgan fingerprint density at radius 3 is 1.69 bits per heavy atom. The third-order valence-electron chi connectivity index (χ3n) is 4.02. The average Bonchev–Trinajstić information content (AvgIpc) is 2.35. The summed E-state index contributed by atoms with van der Waals surface area (Å²) in [6, 6.07) is 3.58. The fourth-order valence-corrected chi connectivity index (χ4v) is 5.34. The van der Waals surface area contributed by atoms with E-state index in [9.17, 15) is 5.11 Å². The molecule has 0 aliphatic rings. The topological polar surface area (TPSA) is 29.5 Å². The maximum absolute atomic E-state index is 9.38. The van der Waals surface area contributed by atoms with Gasteiger partial charge in [-0.25, -0.2) is 0 Å². The predicted octanol–water partition coefficient (Wildman–Crippen LogP) is 3.81. The molecule has 0 saturated carbocycles. The van der Waals surface area contributed by atoms with Gasteiger partial charge in [0.1, 0.15) is 0 Å². The molecule has 0 rings (SSSR count). The molecule has 1 N–H and O–H groups in total. The van der Waals surface area contributed by atoms with Gasteiger partial charge in [0, 0.05) is 18.6 Å². The van der Waals surface area contributed by atoms with E-state index in [0.29, 0.717) is 5.92 Å². The first-order valence-corrected chi connectivity index (χ1v) is 9.44. The van der Waals surface area contributed by atoms with Crippen molar-refractivity contribution < 1.29 is 9.53 Å². The first kappa shape index (κ1) is 16.1. The lowest BCUT2D eigenvalue weighted by Gasteiger charge is -2.36. The second-order valence-electron chi connectivity index (χ2n) is 4.66. The van der Waals surface area contributed by atoms with E-state index in [4.69, 9.17) is 4.43 Å². The molecule has 0 aliphatic carbocycles. The zero-order valence-electron chi connectivity index (χ0n) is 11.8. The normalized spacial score (nSPS) is 16.1. The molecule has 0 aromatic rings. The van der Waals surface area contributed by atoms with Crippen LogP contribution in [0.3, 0.4) is 0 Å². The number of hydrogen-bond acceptors (Lipinski definition) is 2. The summed E-state index contributed by atoms with van der Waals surface area (Å²) in [6.07, 6.45) is 2.30. The summed E-state index contributed by atoms with van der Waals surface area (Å²) >= 11 is 0. The van der Waals surface area contributed by atoms with E-state index in [0.717, 1.165) is 12.8 Å². The molecule has 0 radical (unpaired) electrons. The maximum Gasteiger partial charge on any atom is 0.192 e. The molecule has 0 spiro atoms. The summed E-state index contributed by atoms with van der Waals surface area (Å²) in [5.74, 6) is 0.321. The lowest BCUT2D eigenvalue weighted by molar-refractivity contribution is 0.0725. The third kappa shape index (κ3) is 4.19. The fraction of sp³-hybridized carbons (Fsp3) is 1.00. The molecule has 3 heteroatoms. The highest BCUT2D eigenvalue weighted by Gasteiger charge is 2.33. The molecule has 0 heterocycles. The van der Waals surface area contributed by atoms with Crippen molar-refractivity contribution in [1.29, 1.82) is 0 Å². The van der Waals surface area contributed by atoms with Gasteiger partial charge in [0.25, 0.3) is 0 Å². The van der Waals surface area contributed by atoms with Gasteiger partial charge in [-0.1, -0.05) is 34.6 Å². The van der Waals surface area contributed by atoms with Gasteiger partial charge in [0.05, 0.1) is 0 Å². The summed E-state index contributed by atoms with van der Waals surface area (Å²) in [4.78, 5) is 0. The Hall–Kier alpha value is 0.137. The molecule has 0 saturated heterocycles. The van der Waals surface area contributed by atoms with Crippen LogP contribution in [0.25, 0.3) is 0 Å². The van der Waals surface area contributed by atoms with Crippen LogP contribution in [0.4, 0.5) is 0 Å². The van der Waals surface area contributed by atoms with Gasteiger partial charge < -0.3 is 9.53 Å². The first-order chi connectivity index (χ1) is 7.62. The van der Waals surface area contributed by atoms with Crippen LogP contribution >= 0.6 is 0 Å². The Labute approximate surface area is 103 Å². The van der Waals surface area contributed by atoms with Gasteiger partial charge >= 0.3 is 0 Å². The van der Waals surface area contributed by atoms with Crippen molar-refractivity contribution in [2.24, 2.45) is 5.92 Å². The van der Waals surface area contributed by atoms with E-state index in [1.54, 1.807) is 0 Å². The van der Waals surface area contributed by atoms with Gasteiger partial charge in [0.2, 0.25) is 0 Å². The molecular formula is C13H30O2Si. The number of aliphatic hydroxyl groups excluding tert-OH is 1. The average molecular weight is 246 g/mol. The Kier molecular flexibility index (Phi) is 8.33. The van der Waals surface area contributed by atoms with Gasteiger partial charge in [-0.2, -0.15) is 0 Å². The molecule has 0 aromatic carbocycles. The van der Waals surface area contributed by atoms with Gasteiger partial charge in [-0.05, 0) is 31.0 Å². The van der Waals surface area contributed by atoms with Crippen LogP contribution in [0.5, 0.6) is 0 Å². The Morgan fingerprint density at radius 1 is 0.938 bits per heavy atom. The Morgan fingerprint density at radius 2 is 1.44 bits per heavy atom. The molecule has 0 aromatic heterocycles. The molecule has 0 fully saturated rings. The van der Waals surface area contributed by atoms with Crippen LogP contribution in [0.1, 0.15) is 47.5 Å². The minimum Gasteiger partial charge on any atom is -0.414 e. The van der Waals surface area contributed by atoms with Crippen LogP contribution < -0.4 is 0 Å². The Bertz CT molecular complexity index is 157. The van der Waals surface area contributed by atoms with Gasteiger partial charge in [0.15, 0.2) is 8.32 Å². The SMILES string of the molecule is CC[C@@H](CO)[C@@H](CC)O[Si](CC)(CC)CC. The first-order valence-electron chi connectivity index (χ1n) is 6.91. The molecule has 0 amide bonds. The number of aliphatic hydroxyl groups is 1. The zero-order chi connectivity index (χ0) is 12.6. The van der Waals surface area contributed by atoms with E-state index in [1.165, 1.54) is 18.1 Å². The van der Waals surface area contributed by atoms with Crippen molar-refractivity contribution in [1.82, 2.24) is 0 Å². The van der Waals surface area contributed by atoms with Gasteiger partial charge in [-0.15, -0.1) is 0 Å². The standard InChI is InChI=1S/C13H30O2Si/c1-6-12(11-14)13(7-2)15-16(8-3,9-4)10-5/h12-14H,6-11H2,1-5H3/t12-,13+/m0/s1. The molecule has 2 nitrogen and oxygen atoms in total. The smallest absolute Gasteiger partial charge is 0.192 e. The van der Waals surface area contributed by atoms with E-state index in [1.807, 2.05) is 0 Å². The maximum atomic E-state index is 9.38. The highest BCUT2D eigenvalue weighted by atomic mass is 28.4. The van der Waals surface area contributed by atoms with Crippen molar-refractivity contribution in [2.45, 2.75) is 71.7 Å². The second kappa shape index (κ2) is 8.26. The van der Waals surface area contributed by atoms with Crippen LogP contribution in [0.2, 0.25) is 18.1 Å². The summed E-state index contributed by atoms with van der Waals surface area (Å²) < 4.78 is 6.46. The van der Waals surface area contributed by atoms with Crippen molar-refractivity contribution in [3.05, 3.63) is 0 Å². The molecule has 0 bridgehead atoms. The molecule has 2 atom stereocenters. The lowest BCUT2D eigenvalue weighted by atomic mass is 9.99. The zero-order valence-corrected chi connectivity index (χ0v) is 12.8. The van der Waals surface area contributed by atoms with E-state index < -0.39 is 8.32 Å². The van der Waals surface area contributed by atoms with Crippen LogP contribution in [0, 0.1) is 5.92 Å². The van der Waals surface area contributed by atoms with E-state index in [2.05, 4.69) is 34.6 Å². The predicted molar refractivity (Wildman–Crippen MR) is 73.2 cm³/mol. The summed E-state index contributed by atoms with van der Waals surface area (Å²) in [5.41, 5.74) is 0. The monoisotopic (exact) mass is 246 g/mol. The van der Waals surface area contributed by atoms with Crippen molar-refractivity contribution >= 4 is 8.32 Å². The number of hydrogen-bond donors (Lipinski definition) is 1. The van der Waals surface area contributed by atoms with E-state index in [-0.39, 0.29) is 12.7 Å². The Balaban J connectivity index is 4.59. The molecule has 0 aliphatic heterocycles. The van der Waals surface area contributed by atoms with Crippen LogP contribution in [-0.2, 0) is 4.43 Å². The second-order valence-corrected chi connectivity index (χ2v) is 9.38. The largest absolute Gasteiger partial charge is 0.414 e. The summed E-state index contributed by atoms with van der Waals surface area (Å²) in [6.45, 7) is 11.3. The summed E-state index contributed by atoms with van der Waals surface area (Å²) in [7, 11) is -1.51. The molecular weight excluding hydrogens is 216 g/mol. The molecule has 16 heavy (non-hydrogen) atoms. The van der Waals surface area contributed by atoms with Crippen molar-refractivity contribution in [3.8, 4) is 0 Å². The van der Waals surface area contributed by atoms with Crippen LogP contribution in [-0.4, -0.2) is 26.1 Å². The van der Waals surface area contributed by atoms with Crippen molar-refractivity contribution in [2.75, 3.05) is 6.61 Å². The van der Waals surface area contributed by atoms with Crippen molar-refractivity contribution in [3.63, 3.8) is 0 Å². The molecule has 0 unspecified atom stereocenters. The minimum absolute atomic E-state index is 0.261. The highest BCUT2D eigenvalue weighted by molar-refractivity contribution is 6.73. The lowest BCUT2D eigenvalue weighted by Crippen LogP contribution is -2.42. The van der Waals surface area contributed by atoms with E-state index >= 15 is 0 Å². The summed E-state index contributed by atoms with van der Waals surface area (Å²) in [5, 5.41) is 9.38. The van der Waals surface area contributed by atoms with Gasteiger partial charge in [-0.3, -0.25) is 0 Å². The molecule has 98 valence electrons. The quantitative estimate of drug-likeness (QED) is 0.627. The highest BCUT2D eigenvalue weighted by Crippen LogP contribution is 2.27.